The van der Waals surface area contributed by atoms with Crippen LogP contribution in [0, 0.1) is 0 Å². The van der Waals surface area contributed by atoms with Crippen molar-refractivity contribution >= 4 is 15.9 Å². The van der Waals surface area contributed by atoms with E-state index in [0.29, 0.717) is 5.76 Å². The molecule has 0 saturated carbocycles. The van der Waals surface area contributed by atoms with E-state index in [1.807, 2.05) is 11.5 Å². The second-order valence-corrected chi connectivity index (χ2v) is 3.99. The molecule has 1 atom stereocenters. The van der Waals surface area contributed by atoms with Crippen molar-refractivity contribution in [2.45, 2.75) is 19.6 Å². The zero-order valence-electron chi connectivity index (χ0n) is 8.22. The van der Waals surface area contributed by atoms with Crippen molar-refractivity contribution in [1.82, 2.24) is 9.55 Å². The average Bonchev–Trinajstić information content (AvgIpc) is 2.84. The summed E-state index contributed by atoms with van der Waals surface area (Å²) in [4.78, 5) is 4.00. The predicted molar refractivity (Wildman–Crippen MR) is 58.4 cm³/mol. The van der Waals surface area contributed by atoms with E-state index in [1.165, 1.54) is 6.26 Å². The molecule has 0 radical (unpaired) electrons. The van der Waals surface area contributed by atoms with Gasteiger partial charge in [0.25, 0.3) is 0 Å². The maximum atomic E-state index is 10.1. The highest BCUT2D eigenvalue weighted by Crippen LogP contribution is 2.29. The molecular formula is C10H11BrN2O2. The molecule has 0 bridgehead atoms. The molecule has 5 heteroatoms. The van der Waals surface area contributed by atoms with Crippen molar-refractivity contribution in [3.8, 4) is 0 Å². The molecule has 0 spiro atoms. The topological polar surface area (TPSA) is 51.2 Å². The number of rotatable bonds is 3. The van der Waals surface area contributed by atoms with Gasteiger partial charge in [0.05, 0.1) is 29.0 Å². The molecular weight excluding hydrogens is 260 g/mol. The van der Waals surface area contributed by atoms with Crippen molar-refractivity contribution in [3.63, 3.8) is 0 Å². The Labute approximate surface area is 95.7 Å². The number of hydrogen-bond acceptors (Lipinski definition) is 3. The Bertz CT molecular complexity index is 450. The molecule has 4 nitrogen and oxygen atoms in total. The van der Waals surface area contributed by atoms with Gasteiger partial charge in [-0.1, -0.05) is 0 Å². The molecule has 0 fully saturated rings. The molecule has 0 aliphatic heterocycles. The Hall–Kier alpha value is -1.07. The van der Waals surface area contributed by atoms with Gasteiger partial charge >= 0.3 is 0 Å². The van der Waals surface area contributed by atoms with E-state index in [-0.39, 0.29) is 0 Å². The minimum atomic E-state index is -0.781. The number of halogens is 1. The largest absolute Gasteiger partial charge is 0.465 e. The summed E-state index contributed by atoms with van der Waals surface area (Å²) in [7, 11) is 0. The SMILES string of the molecule is CCn1cncc1C(O)c1occc1Br. The fourth-order valence-corrected chi connectivity index (χ4v) is 1.88. The van der Waals surface area contributed by atoms with Crippen molar-refractivity contribution < 1.29 is 9.52 Å². The summed E-state index contributed by atoms with van der Waals surface area (Å²) in [5, 5.41) is 10.1. The Morgan fingerprint density at radius 2 is 2.47 bits per heavy atom. The van der Waals surface area contributed by atoms with Gasteiger partial charge in [-0.25, -0.2) is 4.98 Å². The van der Waals surface area contributed by atoms with Gasteiger partial charge in [0.1, 0.15) is 0 Å². The Morgan fingerprint density at radius 1 is 1.67 bits per heavy atom. The normalized spacial score (nSPS) is 13.0. The monoisotopic (exact) mass is 270 g/mol. The lowest BCUT2D eigenvalue weighted by atomic mass is 10.2. The molecule has 1 N–H and O–H groups in total. The molecule has 2 aromatic rings. The Kier molecular flexibility index (Phi) is 2.93. The van der Waals surface area contributed by atoms with E-state index in [9.17, 15) is 5.11 Å². The molecule has 2 aromatic heterocycles. The standard InChI is InChI=1S/C10H11BrN2O2/c1-2-13-6-12-5-8(13)9(14)10-7(11)3-4-15-10/h3-6,9,14H,2H2,1H3. The van der Waals surface area contributed by atoms with Crippen LogP contribution in [0.4, 0.5) is 0 Å². The van der Waals surface area contributed by atoms with Crippen LogP contribution >= 0.6 is 15.9 Å². The van der Waals surface area contributed by atoms with Crippen LogP contribution in [0.1, 0.15) is 24.5 Å². The van der Waals surface area contributed by atoms with E-state index in [1.54, 1.807) is 18.6 Å². The summed E-state index contributed by atoms with van der Waals surface area (Å²) in [5.41, 5.74) is 0.730. The van der Waals surface area contributed by atoms with Crippen LogP contribution in [0.2, 0.25) is 0 Å². The number of furan rings is 1. The van der Waals surface area contributed by atoms with Gasteiger partial charge in [0, 0.05) is 6.54 Å². The Balaban J connectivity index is 2.36. The Morgan fingerprint density at radius 3 is 3.07 bits per heavy atom. The van der Waals surface area contributed by atoms with Gasteiger partial charge in [0.15, 0.2) is 11.9 Å². The maximum Gasteiger partial charge on any atom is 0.154 e. The highest BCUT2D eigenvalue weighted by atomic mass is 79.9. The smallest absolute Gasteiger partial charge is 0.154 e. The number of aromatic nitrogens is 2. The third-order valence-corrected chi connectivity index (χ3v) is 2.91. The first kappa shape index (κ1) is 10.4. The summed E-state index contributed by atoms with van der Waals surface area (Å²) < 4.78 is 7.85. The van der Waals surface area contributed by atoms with E-state index >= 15 is 0 Å². The minimum Gasteiger partial charge on any atom is -0.465 e. The number of aliphatic hydroxyl groups excluding tert-OH is 1. The third-order valence-electron chi connectivity index (χ3n) is 2.26. The van der Waals surface area contributed by atoms with Gasteiger partial charge in [-0.05, 0) is 28.9 Å². The van der Waals surface area contributed by atoms with Crippen LogP contribution in [0.15, 0.2) is 33.7 Å². The fourth-order valence-electron chi connectivity index (χ4n) is 1.46. The number of hydrogen-bond donors (Lipinski definition) is 1. The second-order valence-electron chi connectivity index (χ2n) is 3.14. The van der Waals surface area contributed by atoms with Gasteiger partial charge in [-0.2, -0.15) is 0 Å². The van der Waals surface area contributed by atoms with Crippen LogP contribution in [-0.4, -0.2) is 14.7 Å². The van der Waals surface area contributed by atoms with Crippen molar-refractivity contribution in [1.29, 1.82) is 0 Å². The summed E-state index contributed by atoms with van der Waals surface area (Å²) in [6, 6.07) is 1.76. The molecule has 0 aliphatic carbocycles. The number of aryl methyl sites for hydroxylation is 1. The van der Waals surface area contributed by atoms with E-state index < -0.39 is 6.10 Å². The molecule has 0 aliphatic rings. The van der Waals surface area contributed by atoms with Gasteiger partial charge in [0.2, 0.25) is 0 Å². The third kappa shape index (κ3) is 1.85. The van der Waals surface area contributed by atoms with Gasteiger partial charge in [-0.15, -0.1) is 0 Å². The van der Waals surface area contributed by atoms with Crippen LogP contribution in [0.3, 0.4) is 0 Å². The fraction of sp³-hybridized carbons (Fsp3) is 0.300. The minimum absolute atomic E-state index is 0.505. The maximum absolute atomic E-state index is 10.1. The first-order valence-corrected chi connectivity index (χ1v) is 5.44. The lowest BCUT2D eigenvalue weighted by molar-refractivity contribution is 0.179. The number of nitrogens with zero attached hydrogens (tertiary/aromatic N) is 2. The van der Waals surface area contributed by atoms with E-state index in [0.717, 1.165) is 16.7 Å². The van der Waals surface area contributed by atoms with Crippen LogP contribution in [0.5, 0.6) is 0 Å². The molecule has 1 unspecified atom stereocenters. The van der Waals surface area contributed by atoms with Crippen molar-refractivity contribution in [2.75, 3.05) is 0 Å². The van der Waals surface area contributed by atoms with E-state index in [2.05, 4.69) is 20.9 Å². The van der Waals surface area contributed by atoms with Crippen LogP contribution in [-0.2, 0) is 6.54 Å². The van der Waals surface area contributed by atoms with Gasteiger partial charge in [-0.3, -0.25) is 0 Å². The molecule has 80 valence electrons. The lowest BCUT2D eigenvalue weighted by Crippen LogP contribution is -2.06. The van der Waals surface area contributed by atoms with Crippen molar-refractivity contribution in [3.05, 3.63) is 40.8 Å². The zero-order chi connectivity index (χ0) is 10.8. The summed E-state index contributed by atoms with van der Waals surface area (Å²) in [6.07, 6.45) is 4.09. The molecule has 0 aromatic carbocycles. The highest BCUT2D eigenvalue weighted by Gasteiger charge is 2.20. The molecule has 2 heterocycles. The van der Waals surface area contributed by atoms with E-state index in [4.69, 9.17) is 4.42 Å². The van der Waals surface area contributed by atoms with Gasteiger partial charge < -0.3 is 14.1 Å². The quantitative estimate of drug-likeness (QED) is 0.932. The number of aliphatic hydroxyl groups is 1. The second kappa shape index (κ2) is 4.20. The van der Waals surface area contributed by atoms with Crippen LogP contribution in [0.25, 0.3) is 0 Å². The number of imidazole rings is 1. The lowest BCUT2D eigenvalue weighted by Gasteiger charge is -2.10. The molecule has 2 rings (SSSR count). The van der Waals surface area contributed by atoms with Crippen molar-refractivity contribution in [2.24, 2.45) is 0 Å². The molecule has 0 saturated heterocycles. The predicted octanol–water partition coefficient (Wildman–Crippen LogP) is 2.34. The summed E-state index contributed by atoms with van der Waals surface area (Å²) in [5.74, 6) is 0.505. The zero-order valence-corrected chi connectivity index (χ0v) is 9.81. The first-order chi connectivity index (χ1) is 7.24. The summed E-state index contributed by atoms with van der Waals surface area (Å²) in [6.45, 7) is 2.76. The first-order valence-electron chi connectivity index (χ1n) is 4.65. The van der Waals surface area contributed by atoms with Crippen LogP contribution < -0.4 is 0 Å². The average molecular weight is 271 g/mol. The molecule has 15 heavy (non-hydrogen) atoms. The highest BCUT2D eigenvalue weighted by molar-refractivity contribution is 9.10. The summed E-state index contributed by atoms with van der Waals surface area (Å²) >= 11 is 3.32. The molecule has 0 amide bonds.